The van der Waals surface area contributed by atoms with Crippen molar-refractivity contribution in [3.8, 4) is 17.2 Å². The van der Waals surface area contributed by atoms with E-state index in [0.717, 1.165) is 11.1 Å². The van der Waals surface area contributed by atoms with E-state index >= 15 is 0 Å². The molecule has 140 valence electrons. The van der Waals surface area contributed by atoms with Gasteiger partial charge in [0.05, 0.1) is 21.3 Å². The third kappa shape index (κ3) is 5.19. The van der Waals surface area contributed by atoms with Gasteiger partial charge in [0.2, 0.25) is 11.7 Å². The minimum Gasteiger partial charge on any atom is -0.493 e. The van der Waals surface area contributed by atoms with Crippen LogP contribution < -0.4 is 19.5 Å². The van der Waals surface area contributed by atoms with Gasteiger partial charge in [-0.05, 0) is 41.8 Å². The molecule has 0 fully saturated rings. The van der Waals surface area contributed by atoms with Gasteiger partial charge in [-0.1, -0.05) is 29.3 Å². The predicted molar refractivity (Wildman–Crippen MR) is 103 cm³/mol. The number of rotatable bonds is 8. The third-order valence-electron chi connectivity index (χ3n) is 3.86. The SMILES string of the molecule is COc1cc(CCC(=O)NCc2ccc(Cl)cc2Cl)cc(OC)c1OC. The number of nitrogens with one attached hydrogen (secondary N) is 1. The summed E-state index contributed by atoms with van der Waals surface area (Å²) < 4.78 is 15.9. The number of amides is 1. The quantitative estimate of drug-likeness (QED) is 0.722. The lowest BCUT2D eigenvalue weighted by molar-refractivity contribution is -0.121. The lowest BCUT2D eigenvalue weighted by Gasteiger charge is -2.14. The van der Waals surface area contributed by atoms with Gasteiger partial charge in [0, 0.05) is 23.0 Å². The number of hydrogen-bond acceptors (Lipinski definition) is 4. The number of aryl methyl sites for hydroxylation is 1. The van der Waals surface area contributed by atoms with Gasteiger partial charge < -0.3 is 19.5 Å². The van der Waals surface area contributed by atoms with Crippen molar-refractivity contribution < 1.29 is 19.0 Å². The molecule has 0 atom stereocenters. The summed E-state index contributed by atoms with van der Waals surface area (Å²) in [6, 6.07) is 8.87. The maximum Gasteiger partial charge on any atom is 0.220 e. The molecule has 7 heteroatoms. The van der Waals surface area contributed by atoms with Crippen molar-refractivity contribution in [2.75, 3.05) is 21.3 Å². The molecule has 1 amide bonds. The summed E-state index contributed by atoms with van der Waals surface area (Å²) >= 11 is 12.0. The summed E-state index contributed by atoms with van der Waals surface area (Å²) in [5, 5.41) is 3.95. The van der Waals surface area contributed by atoms with Gasteiger partial charge in [-0.15, -0.1) is 0 Å². The van der Waals surface area contributed by atoms with Crippen LogP contribution in [-0.2, 0) is 17.8 Å². The van der Waals surface area contributed by atoms with Crippen LogP contribution in [0, 0.1) is 0 Å². The van der Waals surface area contributed by atoms with E-state index in [1.807, 2.05) is 12.1 Å². The van der Waals surface area contributed by atoms with Crippen LogP contribution in [0.2, 0.25) is 10.0 Å². The number of halogens is 2. The molecule has 0 unspecified atom stereocenters. The van der Waals surface area contributed by atoms with Crippen molar-refractivity contribution in [2.24, 2.45) is 0 Å². The summed E-state index contributed by atoms with van der Waals surface area (Å²) in [7, 11) is 4.67. The molecule has 0 aliphatic rings. The molecule has 0 spiro atoms. The first-order valence-electron chi connectivity index (χ1n) is 7.98. The van der Waals surface area contributed by atoms with E-state index < -0.39 is 0 Å². The zero-order valence-corrected chi connectivity index (χ0v) is 16.4. The van der Waals surface area contributed by atoms with Crippen molar-refractivity contribution in [3.05, 3.63) is 51.5 Å². The molecule has 5 nitrogen and oxygen atoms in total. The normalized spacial score (nSPS) is 10.3. The monoisotopic (exact) mass is 397 g/mol. The van der Waals surface area contributed by atoms with Gasteiger partial charge >= 0.3 is 0 Å². The Morgan fingerprint density at radius 1 is 1.00 bits per heavy atom. The van der Waals surface area contributed by atoms with E-state index in [-0.39, 0.29) is 5.91 Å². The first-order chi connectivity index (χ1) is 12.5. The van der Waals surface area contributed by atoms with E-state index in [2.05, 4.69) is 5.32 Å². The lowest BCUT2D eigenvalue weighted by Crippen LogP contribution is -2.23. The number of benzene rings is 2. The summed E-state index contributed by atoms with van der Waals surface area (Å²) in [5.74, 6) is 1.58. The first-order valence-corrected chi connectivity index (χ1v) is 8.73. The van der Waals surface area contributed by atoms with Crippen LogP contribution in [0.1, 0.15) is 17.5 Å². The number of hydrogen-bond donors (Lipinski definition) is 1. The van der Waals surface area contributed by atoms with Crippen LogP contribution >= 0.6 is 23.2 Å². The maximum absolute atomic E-state index is 12.1. The van der Waals surface area contributed by atoms with Crippen molar-refractivity contribution in [1.82, 2.24) is 5.32 Å². The zero-order valence-electron chi connectivity index (χ0n) is 14.9. The molecule has 2 rings (SSSR count). The minimum absolute atomic E-state index is 0.0789. The maximum atomic E-state index is 12.1. The van der Waals surface area contributed by atoms with Crippen LogP contribution in [0.3, 0.4) is 0 Å². The van der Waals surface area contributed by atoms with Crippen LogP contribution in [0.15, 0.2) is 30.3 Å². The highest BCUT2D eigenvalue weighted by Gasteiger charge is 2.14. The fourth-order valence-corrected chi connectivity index (χ4v) is 2.96. The standard InChI is InChI=1S/C19H21Cl2NO4/c1-24-16-8-12(9-17(25-2)19(16)26-3)4-7-18(23)22-11-13-5-6-14(20)10-15(13)21/h5-6,8-10H,4,7,11H2,1-3H3,(H,22,23). The fourth-order valence-electron chi connectivity index (χ4n) is 2.48. The van der Waals surface area contributed by atoms with E-state index in [0.29, 0.717) is 46.7 Å². The van der Waals surface area contributed by atoms with Gasteiger partial charge in [0.1, 0.15) is 0 Å². The minimum atomic E-state index is -0.0789. The van der Waals surface area contributed by atoms with Crippen molar-refractivity contribution >= 4 is 29.1 Å². The van der Waals surface area contributed by atoms with Gasteiger partial charge in [-0.25, -0.2) is 0 Å². The third-order valence-corrected chi connectivity index (χ3v) is 4.44. The Hall–Kier alpha value is -2.11. The Labute approximate surface area is 163 Å². The molecular weight excluding hydrogens is 377 g/mol. The Kier molecular flexibility index (Phi) is 7.42. The molecule has 0 aliphatic carbocycles. The highest BCUT2D eigenvalue weighted by molar-refractivity contribution is 6.35. The number of methoxy groups -OCH3 is 3. The van der Waals surface area contributed by atoms with Crippen LogP contribution in [-0.4, -0.2) is 27.2 Å². The summed E-state index contributed by atoms with van der Waals surface area (Å²) in [6.07, 6.45) is 0.862. The van der Waals surface area contributed by atoms with Gasteiger partial charge in [0.15, 0.2) is 11.5 Å². The molecule has 26 heavy (non-hydrogen) atoms. The molecule has 0 bridgehead atoms. The summed E-state index contributed by atoms with van der Waals surface area (Å²) in [6.45, 7) is 0.351. The zero-order chi connectivity index (χ0) is 19.1. The molecule has 0 radical (unpaired) electrons. The summed E-state index contributed by atoms with van der Waals surface area (Å²) in [5.41, 5.74) is 1.73. The molecule has 2 aromatic carbocycles. The van der Waals surface area contributed by atoms with E-state index in [4.69, 9.17) is 37.4 Å². The van der Waals surface area contributed by atoms with Gasteiger partial charge in [0.25, 0.3) is 0 Å². The number of carbonyl (C=O) groups excluding carboxylic acids is 1. The van der Waals surface area contributed by atoms with E-state index in [1.54, 1.807) is 39.5 Å². The smallest absolute Gasteiger partial charge is 0.220 e. The second kappa shape index (κ2) is 9.55. The van der Waals surface area contributed by atoms with Crippen molar-refractivity contribution in [1.29, 1.82) is 0 Å². The molecule has 0 aromatic heterocycles. The second-order valence-electron chi connectivity index (χ2n) is 5.55. The number of ether oxygens (including phenoxy) is 3. The molecule has 0 saturated carbocycles. The van der Waals surface area contributed by atoms with E-state index in [1.165, 1.54) is 0 Å². The Morgan fingerprint density at radius 3 is 2.19 bits per heavy atom. The Bertz CT molecular complexity index is 755. The molecule has 0 saturated heterocycles. The van der Waals surface area contributed by atoms with Crippen molar-refractivity contribution in [2.45, 2.75) is 19.4 Å². The van der Waals surface area contributed by atoms with Gasteiger partial charge in [-0.2, -0.15) is 0 Å². The van der Waals surface area contributed by atoms with Gasteiger partial charge in [-0.3, -0.25) is 4.79 Å². The summed E-state index contributed by atoms with van der Waals surface area (Å²) in [4.78, 5) is 12.1. The van der Waals surface area contributed by atoms with Crippen LogP contribution in [0.5, 0.6) is 17.2 Å². The Balaban J connectivity index is 1.96. The van der Waals surface area contributed by atoms with Crippen molar-refractivity contribution in [3.63, 3.8) is 0 Å². The molecular formula is C19H21Cl2NO4. The molecule has 0 aliphatic heterocycles. The predicted octanol–water partition coefficient (Wildman–Crippen LogP) is 4.27. The fraction of sp³-hybridized carbons (Fsp3) is 0.316. The average Bonchev–Trinajstić information content (AvgIpc) is 2.64. The largest absolute Gasteiger partial charge is 0.493 e. The van der Waals surface area contributed by atoms with E-state index in [9.17, 15) is 4.79 Å². The lowest BCUT2D eigenvalue weighted by atomic mass is 10.1. The van der Waals surface area contributed by atoms with Crippen LogP contribution in [0.4, 0.5) is 0 Å². The van der Waals surface area contributed by atoms with Crippen LogP contribution in [0.25, 0.3) is 0 Å². The molecule has 2 aromatic rings. The topological polar surface area (TPSA) is 56.8 Å². The highest BCUT2D eigenvalue weighted by atomic mass is 35.5. The number of carbonyl (C=O) groups is 1. The highest BCUT2D eigenvalue weighted by Crippen LogP contribution is 2.38. The first kappa shape index (κ1) is 20.2. The average molecular weight is 398 g/mol. The molecule has 1 N–H and O–H groups in total. The second-order valence-corrected chi connectivity index (χ2v) is 6.39. The molecule has 0 heterocycles. The Morgan fingerprint density at radius 2 is 1.65 bits per heavy atom.